The van der Waals surface area contributed by atoms with Crippen LogP contribution in [0.3, 0.4) is 0 Å². The van der Waals surface area contributed by atoms with Crippen LogP contribution in [0.1, 0.15) is 29.6 Å². The number of halogens is 1. The van der Waals surface area contributed by atoms with Crippen molar-refractivity contribution in [3.8, 4) is 0 Å². The van der Waals surface area contributed by atoms with E-state index in [4.69, 9.17) is 11.6 Å². The van der Waals surface area contributed by atoms with E-state index in [2.05, 4.69) is 4.90 Å². The minimum Gasteiger partial charge on any atom is -0.393 e. The number of hydrogen-bond acceptors (Lipinski definition) is 3. The van der Waals surface area contributed by atoms with Crippen LogP contribution < -0.4 is 0 Å². The van der Waals surface area contributed by atoms with Gasteiger partial charge in [-0.15, -0.1) is 0 Å². The van der Waals surface area contributed by atoms with Crippen LogP contribution in [0.25, 0.3) is 0 Å². The summed E-state index contributed by atoms with van der Waals surface area (Å²) in [6.07, 6.45) is 2.00. The van der Waals surface area contributed by atoms with E-state index in [-0.39, 0.29) is 11.9 Å². The molecule has 0 spiro atoms. The maximum atomic E-state index is 11.9. The predicted octanol–water partition coefficient (Wildman–Crippen LogP) is 2.37. The first kappa shape index (κ1) is 13.5. The van der Waals surface area contributed by atoms with Crippen molar-refractivity contribution < 1.29 is 9.90 Å². The van der Waals surface area contributed by atoms with Gasteiger partial charge in [-0.1, -0.05) is 11.6 Å². The van der Waals surface area contributed by atoms with E-state index in [9.17, 15) is 9.90 Å². The highest BCUT2D eigenvalue weighted by Crippen LogP contribution is 2.13. The average molecular weight is 268 g/mol. The molecule has 1 aromatic rings. The lowest BCUT2D eigenvalue weighted by Gasteiger charge is -2.29. The molecule has 1 aromatic carbocycles. The molecule has 0 atom stereocenters. The Labute approximate surface area is 112 Å². The highest BCUT2D eigenvalue weighted by molar-refractivity contribution is 6.30. The number of aliphatic hydroxyl groups excluding tert-OH is 1. The molecule has 2 rings (SSSR count). The summed E-state index contributed by atoms with van der Waals surface area (Å²) in [4.78, 5) is 14.2. The fourth-order valence-corrected chi connectivity index (χ4v) is 2.31. The molecule has 1 heterocycles. The van der Waals surface area contributed by atoms with Crippen molar-refractivity contribution in [3.05, 3.63) is 34.9 Å². The van der Waals surface area contributed by atoms with E-state index >= 15 is 0 Å². The van der Waals surface area contributed by atoms with Crippen LogP contribution in [0.2, 0.25) is 5.02 Å². The minimum atomic E-state index is -0.159. The molecule has 1 N–H and O–H groups in total. The number of likely N-dealkylation sites (tertiary alicyclic amines) is 1. The SMILES string of the molecule is O=C(CCN1CCC(O)CC1)c1ccc(Cl)cc1. The van der Waals surface area contributed by atoms with Crippen LogP contribution in [-0.4, -0.2) is 41.5 Å². The molecule has 0 aliphatic carbocycles. The second-order valence-corrected chi connectivity index (χ2v) is 5.19. The van der Waals surface area contributed by atoms with E-state index in [1.54, 1.807) is 24.3 Å². The lowest BCUT2D eigenvalue weighted by atomic mass is 10.1. The van der Waals surface area contributed by atoms with Crippen molar-refractivity contribution in [2.75, 3.05) is 19.6 Å². The topological polar surface area (TPSA) is 40.5 Å². The van der Waals surface area contributed by atoms with Gasteiger partial charge >= 0.3 is 0 Å². The maximum Gasteiger partial charge on any atom is 0.164 e. The summed E-state index contributed by atoms with van der Waals surface area (Å²) in [6, 6.07) is 7.02. The van der Waals surface area contributed by atoms with Gasteiger partial charge in [0.15, 0.2) is 5.78 Å². The number of carbonyl (C=O) groups excluding carboxylic acids is 1. The molecule has 0 amide bonds. The summed E-state index contributed by atoms with van der Waals surface area (Å²) < 4.78 is 0. The Kier molecular flexibility index (Phi) is 4.75. The molecule has 4 heteroatoms. The zero-order valence-electron chi connectivity index (χ0n) is 10.3. The zero-order valence-corrected chi connectivity index (χ0v) is 11.1. The molecule has 0 bridgehead atoms. The van der Waals surface area contributed by atoms with Gasteiger partial charge in [0.2, 0.25) is 0 Å². The number of piperidine rings is 1. The van der Waals surface area contributed by atoms with Crippen LogP contribution in [0.5, 0.6) is 0 Å². The Morgan fingerprint density at radius 1 is 1.28 bits per heavy atom. The second kappa shape index (κ2) is 6.32. The predicted molar refractivity (Wildman–Crippen MR) is 72.1 cm³/mol. The van der Waals surface area contributed by atoms with Crippen molar-refractivity contribution in [2.24, 2.45) is 0 Å². The van der Waals surface area contributed by atoms with Crippen molar-refractivity contribution in [1.29, 1.82) is 0 Å². The van der Waals surface area contributed by atoms with Gasteiger partial charge in [0, 0.05) is 36.6 Å². The maximum absolute atomic E-state index is 11.9. The Balaban J connectivity index is 1.79. The molecule has 1 aliphatic heterocycles. The first-order valence-corrected chi connectivity index (χ1v) is 6.72. The second-order valence-electron chi connectivity index (χ2n) is 4.75. The highest BCUT2D eigenvalue weighted by atomic mass is 35.5. The third-order valence-electron chi connectivity index (χ3n) is 3.38. The van der Waals surface area contributed by atoms with Crippen LogP contribution in [0.15, 0.2) is 24.3 Å². The first-order valence-electron chi connectivity index (χ1n) is 6.34. The van der Waals surface area contributed by atoms with Gasteiger partial charge in [-0.3, -0.25) is 4.79 Å². The van der Waals surface area contributed by atoms with Gasteiger partial charge in [0.1, 0.15) is 0 Å². The quantitative estimate of drug-likeness (QED) is 0.852. The van der Waals surface area contributed by atoms with Crippen LogP contribution in [-0.2, 0) is 0 Å². The van der Waals surface area contributed by atoms with Crippen molar-refractivity contribution >= 4 is 17.4 Å². The van der Waals surface area contributed by atoms with Gasteiger partial charge in [-0.25, -0.2) is 0 Å². The molecule has 0 unspecified atom stereocenters. The molecule has 0 aromatic heterocycles. The van der Waals surface area contributed by atoms with Gasteiger partial charge in [-0.05, 0) is 37.1 Å². The molecule has 98 valence electrons. The number of benzene rings is 1. The van der Waals surface area contributed by atoms with Crippen molar-refractivity contribution in [1.82, 2.24) is 4.90 Å². The van der Waals surface area contributed by atoms with E-state index in [1.807, 2.05) is 0 Å². The number of rotatable bonds is 4. The van der Waals surface area contributed by atoms with Crippen LogP contribution in [0.4, 0.5) is 0 Å². The van der Waals surface area contributed by atoms with Crippen LogP contribution in [0, 0.1) is 0 Å². The summed E-state index contributed by atoms with van der Waals surface area (Å²) in [5.41, 5.74) is 0.719. The fraction of sp³-hybridized carbons (Fsp3) is 0.500. The molecule has 0 saturated carbocycles. The molecule has 1 aliphatic rings. The molecular weight excluding hydrogens is 250 g/mol. The lowest BCUT2D eigenvalue weighted by molar-refractivity contribution is 0.0778. The highest BCUT2D eigenvalue weighted by Gasteiger charge is 2.17. The Morgan fingerprint density at radius 2 is 1.89 bits per heavy atom. The number of Topliss-reactive ketones (excluding diaryl/α,β-unsaturated/α-hetero) is 1. The molecule has 18 heavy (non-hydrogen) atoms. The Bertz CT molecular complexity index is 397. The number of ketones is 1. The monoisotopic (exact) mass is 267 g/mol. The molecular formula is C14H18ClNO2. The Hall–Kier alpha value is -0.900. The molecule has 0 radical (unpaired) electrons. The number of hydrogen-bond donors (Lipinski definition) is 1. The Morgan fingerprint density at radius 3 is 2.50 bits per heavy atom. The standard InChI is InChI=1S/C14H18ClNO2/c15-12-3-1-11(2-4-12)14(18)7-10-16-8-5-13(17)6-9-16/h1-4,13,17H,5-10H2. The van der Waals surface area contributed by atoms with Gasteiger partial charge < -0.3 is 10.0 Å². The van der Waals surface area contributed by atoms with Gasteiger partial charge in [0.25, 0.3) is 0 Å². The number of aliphatic hydroxyl groups is 1. The summed E-state index contributed by atoms with van der Waals surface area (Å²) >= 11 is 5.79. The summed E-state index contributed by atoms with van der Waals surface area (Å²) in [5, 5.41) is 10.1. The van der Waals surface area contributed by atoms with E-state index < -0.39 is 0 Å². The smallest absolute Gasteiger partial charge is 0.164 e. The van der Waals surface area contributed by atoms with Crippen LogP contribution >= 0.6 is 11.6 Å². The van der Waals surface area contributed by atoms with E-state index in [1.165, 1.54) is 0 Å². The van der Waals surface area contributed by atoms with E-state index in [0.717, 1.165) is 38.0 Å². The molecule has 1 fully saturated rings. The van der Waals surface area contributed by atoms with Gasteiger partial charge in [-0.2, -0.15) is 0 Å². The lowest BCUT2D eigenvalue weighted by Crippen LogP contribution is -2.37. The molecule has 1 saturated heterocycles. The average Bonchev–Trinajstić information content (AvgIpc) is 2.38. The third-order valence-corrected chi connectivity index (χ3v) is 3.63. The first-order chi connectivity index (χ1) is 8.65. The number of carbonyl (C=O) groups is 1. The van der Waals surface area contributed by atoms with Crippen molar-refractivity contribution in [2.45, 2.75) is 25.4 Å². The summed E-state index contributed by atoms with van der Waals surface area (Å²) in [5.74, 6) is 0.151. The molecule has 3 nitrogen and oxygen atoms in total. The summed E-state index contributed by atoms with van der Waals surface area (Å²) in [7, 11) is 0. The zero-order chi connectivity index (χ0) is 13.0. The van der Waals surface area contributed by atoms with E-state index in [0.29, 0.717) is 11.4 Å². The largest absolute Gasteiger partial charge is 0.393 e. The normalized spacial score (nSPS) is 17.9. The minimum absolute atomic E-state index is 0.151. The van der Waals surface area contributed by atoms with Gasteiger partial charge in [0.05, 0.1) is 6.10 Å². The third kappa shape index (κ3) is 3.80. The summed E-state index contributed by atoms with van der Waals surface area (Å²) in [6.45, 7) is 2.54. The number of nitrogens with zero attached hydrogens (tertiary/aromatic N) is 1. The fourth-order valence-electron chi connectivity index (χ4n) is 2.18. The van der Waals surface area contributed by atoms with Crippen molar-refractivity contribution in [3.63, 3.8) is 0 Å².